The van der Waals surface area contributed by atoms with Gasteiger partial charge in [-0.25, -0.2) is 26.3 Å². The van der Waals surface area contributed by atoms with Gasteiger partial charge in [-0.2, -0.15) is 0 Å². The number of nitrogens with zero attached hydrogens (tertiary/aromatic N) is 1. The van der Waals surface area contributed by atoms with Crippen LogP contribution in [0.15, 0.2) is 36.4 Å². The molecule has 2 fully saturated rings. The number of nitrogens with one attached hydrogen (secondary N) is 1. The summed E-state index contributed by atoms with van der Waals surface area (Å²) in [6.07, 6.45) is 2.08. The number of likely N-dealkylation sites (tertiary alicyclic amines) is 1. The summed E-state index contributed by atoms with van der Waals surface area (Å²) in [6, 6.07) is 6.92. The van der Waals surface area contributed by atoms with Gasteiger partial charge in [0, 0.05) is 32.2 Å². The van der Waals surface area contributed by atoms with Crippen molar-refractivity contribution < 1.29 is 31.1 Å². The Balaban J connectivity index is 1.66. The van der Waals surface area contributed by atoms with Crippen LogP contribution in [0.3, 0.4) is 0 Å². The van der Waals surface area contributed by atoms with E-state index in [1.807, 2.05) is 0 Å². The maximum Gasteiger partial charge on any atom is 0.232 e. The molecule has 0 aromatic heterocycles. The fourth-order valence-corrected chi connectivity index (χ4v) is 5.18. The SMILES string of the molecule is COC[C@]1(C(=O)N2CC[C@H]2CNS(C)(=O)=O)C[C@@H]1c1ccc(F)cc1-c1c(F)cccc1F. The van der Waals surface area contributed by atoms with Crippen molar-refractivity contribution in [3.63, 3.8) is 0 Å². The van der Waals surface area contributed by atoms with Crippen molar-refractivity contribution in [3.05, 3.63) is 59.4 Å². The third-order valence-corrected chi connectivity index (χ3v) is 7.20. The number of hydrogen-bond donors (Lipinski definition) is 1. The highest BCUT2D eigenvalue weighted by molar-refractivity contribution is 7.88. The highest BCUT2D eigenvalue weighted by Gasteiger charge is 2.63. The fraction of sp³-hybridized carbons (Fsp3) is 0.435. The molecule has 2 aliphatic rings. The first kappa shape index (κ1) is 23.7. The van der Waals surface area contributed by atoms with Gasteiger partial charge in [0.1, 0.15) is 17.5 Å². The lowest BCUT2D eigenvalue weighted by Gasteiger charge is -2.43. The van der Waals surface area contributed by atoms with Gasteiger partial charge in [-0.05, 0) is 48.2 Å². The Hall–Kier alpha value is -2.43. The molecule has 0 spiro atoms. The van der Waals surface area contributed by atoms with Gasteiger partial charge in [0.2, 0.25) is 15.9 Å². The van der Waals surface area contributed by atoms with Crippen LogP contribution in [0.4, 0.5) is 13.2 Å². The second-order valence-corrected chi connectivity index (χ2v) is 10.6. The lowest BCUT2D eigenvalue weighted by atomic mass is 9.89. The molecule has 10 heteroatoms. The van der Waals surface area contributed by atoms with E-state index in [0.29, 0.717) is 24.9 Å². The second-order valence-electron chi connectivity index (χ2n) is 8.74. The molecule has 0 unspecified atom stereocenters. The summed E-state index contributed by atoms with van der Waals surface area (Å²) in [6.45, 7) is 0.668. The number of sulfonamides is 1. The Morgan fingerprint density at radius 3 is 2.48 bits per heavy atom. The van der Waals surface area contributed by atoms with Gasteiger partial charge in [0.05, 0.1) is 23.8 Å². The quantitative estimate of drug-likeness (QED) is 0.628. The number of methoxy groups -OCH3 is 1. The number of carbonyl (C=O) groups excluding carboxylic acids is 1. The standard InChI is InChI=1S/C23H25F3N2O4S/c1-32-13-23(22(29)28-9-8-15(28)12-27-33(2,30)31)11-18(23)16-7-6-14(24)10-17(16)21-19(25)4-3-5-20(21)26/h3-7,10,15,18,27H,8-9,11-13H2,1-2H3/t15-,18+,23+/m0/s1. The van der Waals surface area contributed by atoms with Crippen LogP contribution in [0.1, 0.15) is 24.3 Å². The van der Waals surface area contributed by atoms with Crippen LogP contribution in [-0.2, 0) is 19.6 Å². The zero-order valence-corrected chi connectivity index (χ0v) is 19.1. The van der Waals surface area contributed by atoms with E-state index in [-0.39, 0.29) is 36.2 Å². The minimum atomic E-state index is -3.40. The smallest absolute Gasteiger partial charge is 0.232 e. The van der Waals surface area contributed by atoms with E-state index >= 15 is 0 Å². The maximum absolute atomic E-state index is 14.5. The minimum Gasteiger partial charge on any atom is -0.384 e. The summed E-state index contributed by atoms with van der Waals surface area (Å²) in [5, 5.41) is 0. The third-order valence-electron chi connectivity index (χ3n) is 6.51. The Labute approximate surface area is 190 Å². The summed E-state index contributed by atoms with van der Waals surface area (Å²) in [4.78, 5) is 15.1. The van der Waals surface area contributed by atoms with Crippen LogP contribution in [0.5, 0.6) is 0 Å². The number of hydrogen-bond acceptors (Lipinski definition) is 4. The molecule has 2 aromatic rings. The van der Waals surface area contributed by atoms with Gasteiger partial charge in [0.15, 0.2) is 0 Å². The normalized spacial score (nSPS) is 24.5. The van der Waals surface area contributed by atoms with E-state index in [9.17, 15) is 26.4 Å². The van der Waals surface area contributed by atoms with Gasteiger partial charge >= 0.3 is 0 Å². The average molecular weight is 483 g/mol. The minimum absolute atomic E-state index is 0.0697. The van der Waals surface area contributed by atoms with Gasteiger partial charge in [-0.15, -0.1) is 0 Å². The largest absolute Gasteiger partial charge is 0.384 e. The van der Waals surface area contributed by atoms with Gasteiger partial charge in [-0.1, -0.05) is 12.1 Å². The van der Waals surface area contributed by atoms with Crippen LogP contribution >= 0.6 is 0 Å². The van der Waals surface area contributed by atoms with E-state index in [4.69, 9.17) is 4.74 Å². The summed E-state index contributed by atoms with van der Waals surface area (Å²) >= 11 is 0. The zero-order valence-electron chi connectivity index (χ0n) is 18.3. The highest BCUT2D eigenvalue weighted by atomic mass is 32.2. The first-order chi connectivity index (χ1) is 15.6. The molecule has 1 aliphatic carbocycles. The molecule has 1 saturated heterocycles. The van der Waals surface area contributed by atoms with E-state index < -0.39 is 38.8 Å². The van der Waals surface area contributed by atoms with Crippen molar-refractivity contribution in [2.75, 3.05) is 33.1 Å². The number of ether oxygens (including phenoxy) is 1. The summed E-state index contributed by atoms with van der Waals surface area (Å²) in [7, 11) is -1.93. The first-order valence-corrected chi connectivity index (χ1v) is 12.4. The van der Waals surface area contributed by atoms with Crippen LogP contribution < -0.4 is 4.72 Å². The molecule has 6 nitrogen and oxygen atoms in total. The Morgan fingerprint density at radius 2 is 1.91 bits per heavy atom. The average Bonchev–Trinajstić information content (AvgIpc) is 3.42. The van der Waals surface area contributed by atoms with Gasteiger partial charge in [0.25, 0.3) is 0 Å². The third kappa shape index (κ3) is 4.51. The van der Waals surface area contributed by atoms with Crippen molar-refractivity contribution in [2.45, 2.75) is 24.8 Å². The molecule has 1 aliphatic heterocycles. The lowest BCUT2D eigenvalue weighted by Crippen LogP contribution is -2.58. The van der Waals surface area contributed by atoms with Crippen molar-refractivity contribution >= 4 is 15.9 Å². The molecule has 178 valence electrons. The van der Waals surface area contributed by atoms with Crippen LogP contribution in [0.2, 0.25) is 0 Å². The van der Waals surface area contributed by atoms with Crippen LogP contribution in [0, 0.1) is 22.9 Å². The fourth-order valence-electron chi connectivity index (χ4n) is 4.69. The Kier molecular flexibility index (Phi) is 6.28. The Bertz CT molecular complexity index is 1170. The molecular formula is C23H25F3N2O4S. The van der Waals surface area contributed by atoms with Gasteiger partial charge in [-0.3, -0.25) is 4.79 Å². The van der Waals surface area contributed by atoms with E-state index in [1.54, 1.807) is 4.90 Å². The van der Waals surface area contributed by atoms with Crippen LogP contribution in [-0.4, -0.2) is 58.3 Å². The molecular weight excluding hydrogens is 457 g/mol. The van der Waals surface area contributed by atoms with E-state index in [0.717, 1.165) is 24.5 Å². The lowest BCUT2D eigenvalue weighted by molar-refractivity contribution is -0.147. The number of amides is 1. The highest BCUT2D eigenvalue weighted by Crippen LogP contribution is 2.62. The van der Waals surface area contributed by atoms with Crippen molar-refractivity contribution in [2.24, 2.45) is 5.41 Å². The number of benzene rings is 2. The van der Waals surface area contributed by atoms with Crippen LogP contribution in [0.25, 0.3) is 11.1 Å². The molecule has 1 N–H and O–H groups in total. The van der Waals surface area contributed by atoms with E-state index in [2.05, 4.69) is 4.72 Å². The molecule has 4 rings (SSSR count). The van der Waals surface area contributed by atoms with E-state index in [1.165, 1.54) is 25.3 Å². The van der Waals surface area contributed by atoms with Crippen molar-refractivity contribution in [1.82, 2.24) is 9.62 Å². The molecule has 3 atom stereocenters. The number of rotatable bonds is 8. The Morgan fingerprint density at radius 1 is 1.21 bits per heavy atom. The number of carbonyl (C=O) groups is 1. The topological polar surface area (TPSA) is 75.7 Å². The molecule has 1 amide bonds. The maximum atomic E-state index is 14.5. The molecule has 1 heterocycles. The predicted octanol–water partition coefficient (Wildman–Crippen LogP) is 3.04. The first-order valence-electron chi connectivity index (χ1n) is 10.6. The summed E-state index contributed by atoms with van der Waals surface area (Å²) < 4.78 is 73.8. The molecule has 0 bridgehead atoms. The summed E-state index contributed by atoms with van der Waals surface area (Å²) in [5.41, 5.74) is -0.762. The molecule has 1 saturated carbocycles. The number of halogens is 3. The summed E-state index contributed by atoms with van der Waals surface area (Å²) in [5.74, 6) is -2.91. The monoisotopic (exact) mass is 482 g/mol. The molecule has 33 heavy (non-hydrogen) atoms. The predicted molar refractivity (Wildman–Crippen MR) is 116 cm³/mol. The molecule has 0 radical (unpaired) electrons. The second kappa shape index (κ2) is 8.73. The van der Waals surface area contributed by atoms with Gasteiger partial charge < -0.3 is 9.64 Å². The molecule has 2 aromatic carbocycles. The zero-order chi connectivity index (χ0) is 24.0. The van der Waals surface area contributed by atoms with Crippen molar-refractivity contribution in [1.29, 1.82) is 0 Å². The van der Waals surface area contributed by atoms with Crippen molar-refractivity contribution in [3.8, 4) is 11.1 Å².